The Hall–Kier alpha value is -2.99. The number of hydrogen-bond donors (Lipinski definition) is 0. The van der Waals surface area contributed by atoms with Gasteiger partial charge in [-0.2, -0.15) is 13.9 Å². The lowest BCUT2D eigenvalue weighted by atomic mass is 9.84. The molecule has 0 aromatic carbocycles. The molecule has 4 aromatic rings. The van der Waals surface area contributed by atoms with E-state index in [1.807, 2.05) is 47.5 Å². The van der Waals surface area contributed by atoms with E-state index in [1.54, 1.807) is 18.7 Å². The standard InChI is InChI=1S/C25H25ClF2N6OS.CH2O/c1-17-19(14-34(31-17)23-18(3-2-6-30-23)12-33-10-7-29-16-33)13-32-8-4-24(5-9-32)22-20(11-21(26)36-22)25(27,28)15-35-24;1-2/h2-3,6-7,10-11,14,16H,4-5,8-9,12-13,15H2,1H3;1H2. The summed E-state index contributed by atoms with van der Waals surface area (Å²) in [6.07, 6.45) is 10.6. The minimum atomic E-state index is -2.99. The number of alkyl halides is 2. The second-order valence-electron chi connectivity index (χ2n) is 9.46. The Bertz CT molecular complexity index is 1400. The number of halogens is 3. The SMILES string of the molecule is C=O.Cc1nn(-c2ncccc2Cn2ccnc2)cc1CN1CCC2(CC1)OCC(F)(F)c1cc(Cl)sc12. The first kappa shape index (κ1) is 26.6. The van der Waals surface area contributed by atoms with Crippen LogP contribution in [0, 0.1) is 6.92 Å². The predicted octanol–water partition coefficient (Wildman–Crippen LogP) is 4.96. The summed E-state index contributed by atoms with van der Waals surface area (Å²) in [5.41, 5.74) is 2.45. The highest BCUT2D eigenvalue weighted by atomic mass is 35.5. The maximum atomic E-state index is 14.4. The summed E-state index contributed by atoms with van der Waals surface area (Å²) in [4.78, 5) is 19.6. The van der Waals surface area contributed by atoms with Gasteiger partial charge in [-0.1, -0.05) is 17.7 Å². The fraction of sp³-hybridized carbons (Fsp3) is 0.385. The minimum Gasteiger partial charge on any atom is -0.363 e. The van der Waals surface area contributed by atoms with E-state index in [4.69, 9.17) is 26.2 Å². The molecule has 6 rings (SSSR count). The number of carbonyl (C=O) groups is 1. The van der Waals surface area contributed by atoms with E-state index in [-0.39, 0.29) is 5.56 Å². The van der Waals surface area contributed by atoms with Gasteiger partial charge in [0.05, 0.1) is 22.9 Å². The van der Waals surface area contributed by atoms with Crippen LogP contribution >= 0.6 is 22.9 Å². The summed E-state index contributed by atoms with van der Waals surface area (Å²) < 4.78 is 38.9. The smallest absolute Gasteiger partial charge is 0.297 e. The van der Waals surface area contributed by atoms with Gasteiger partial charge < -0.3 is 14.1 Å². The van der Waals surface area contributed by atoms with Crippen LogP contribution in [0.15, 0.2) is 49.3 Å². The monoisotopic (exact) mass is 560 g/mol. The summed E-state index contributed by atoms with van der Waals surface area (Å²) in [6.45, 7) is 6.26. The van der Waals surface area contributed by atoms with E-state index in [0.29, 0.717) is 28.6 Å². The van der Waals surface area contributed by atoms with E-state index < -0.39 is 18.1 Å². The molecule has 0 amide bonds. The normalized spacial score (nSPS) is 18.1. The number of piperidine rings is 1. The number of ether oxygens (including phenoxy) is 1. The number of hydrogen-bond acceptors (Lipinski definition) is 7. The van der Waals surface area contributed by atoms with Gasteiger partial charge in [-0.25, -0.2) is 14.6 Å². The maximum absolute atomic E-state index is 14.4. The molecule has 0 saturated carbocycles. The Morgan fingerprint density at radius 1 is 1.18 bits per heavy atom. The van der Waals surface area contributed by atoms with E-state index in [1.165, 1.54) is 17.4 Å². The third-order valence-electron chi connectivity index (χ3n) is 7.09. The molecule has 6 heterocycles. The summed E-state index contributed by atoms with van der Waals surface area (Å²) in [6, 6.07) is 5.38. The Kier molecular flexibility index (Phi) is 7.45. The molecule has 2 aliphatic heterocycles. The first-order valence-corrected chi connectivity index (χ1v) is 13.3. The van der Waals surface area contributed by atoms with E-state index in [2.05, 4.69) is 14.9 Å². The third-order valence-corrected chi connectivity index (χ3v) is 8.54. The first-order valence-electron chi connectivity index (χ1n) is 12.1. The van der Waals surface area contributed by atoms with Crippen LogP contribution in [0.1, 0.15) is 40.1 Å². The van der Waals surface area contributed by atoms with Crippen molar-refractivity contribution in [3.05, 3.63) is 80.9 Å². The van der Waals surface area contributed by atoms with E-state index in [9.17, 15) is 8.78 Å². The molecule has 1 fully saturated rings. The number of pyridine rings is 1. The predicted molar refractivity (Wildman–Crippen MR) is 140 cm³/mol. The lowest BCUT2D eigenvalue weighted by Gasteiger charge is -2.45. The molecule has 1 spiro atoms. The van der Waals surface area contributed by atoms with Crippen molar-refractivity contribution >= 4 is 29.7 Å². The average molecular weight is 561 g/mol. The lowest BCUT2D eigenvalue weighted by molar-refractivity contribution is -0.182. The molecule has 0 radical (unpaired) electrons. The number of rotatable bonds is 5. The third kappa shape index (κ3) is 5.03. The van der Waals surface area contributed by atoms with Crippen molar-refractivity contribution in [2.24, 2.45) is 0 Å². The van der Waals surface area contributed by atoms with Gasteiger partial charge in [-0.3, -0.25) is 4.90 Å². The van der Waals surface area contributed by atoms with Gasteiger partial charge in [-0.05, 0) is 31.9 Å². The van der Waals surface area contributed by atoms with Crippen LogP contribution in [0.3, 0.4) is 0 Å². The summed E-state index contributed by atoms with van der Waals surface area (Å²) in [5, 5.41) is 4.75. The quantitative estimate of drug-likeness (QED) is 0.343. The van der Waals surface area contributed by atoms with Crippen molar-refractivity contribution in [1.29, 1.82) is 0 Å². The van der Waals surface area contributed by atoms with Crippen molar-refractivity contribution < 1.29 is 18.3 Å². The molecule has 0 atom stereocenters. The van der Waals surface area contributed by atoms with Gasteiger partial charge in [-0.15, -0.1) is 11.3 Å². The number of nitrogens with zero attached hydrogens (tertiary/aromatic N) is 6. The van der Waals surface area contributed by atoms with Crippen LogP contribution in [0.2, 0.25) is 4.34 Å². The number of thiophene rings is 1. The van der Waals surface area contributed by atoms with Crippen LogP contribution < -0.4 is 0 Å². The molecular formula is C26H27ClF2N6O2S. The first-order chi connectivity index (χ1) is 18.3. The van der Waals surface area contributed by atoms with Crippen molar-refractivity contribution in [3.8, 4) is 5.82 Å². The van der Waals surface area contributed by atoms with Gasteiger partial charge in [0.15, 0.2) is 5.82 Å². The lowest BCUT2D eigenvalue weighted by Crippen LogP contribution is -2.48. The fourth-order valence-corrected chi connectivity index (χ4v) is 6.60. The highest BCUT2D eigenvalue weighted by molar-refractivity contribution is 7.16. The van der Waals surface area contributed by atoms with Crippen LogP contribution in [-0.2, 0) is 34.1 Å². The molecule has 200 valence electrons. The van der Waals surface area contributed by atoms with Crippen LogP contribution in [0.4, 0.5) is 8.78 Å². The Morgan fingerprint density at radius 2 is 1.97 bits per heavy atom. The highest BCUT2D eigenvalue weighted by Gasteiger charge is 2.51. The Morgan fingerprint density at radius 3 is 2.71 bits per heavy atom. The van der Waals surface area contributed by atoms with Gasteiger partial charge in [0, 0.05) is 66.0 Å². The average Bonchev–Trinajstić information content (AvgIpc) is 3.66. The number of aryl methyl sites for hydroxylation is 1. The number of aromatic nitrogens is 5. The molecule has 38 heavy (non-hydrogen) atoms. The maximum Gasteiger partial charge on any atom is 0.297 e. The molecular weight excluding hydrogens is 534 g/mol. The molecule has 0 unspecified atom stereocenters. The molecule has 8 nitrogen and oxygen atoms in total. The number of imidazole rings is 1. The zero-order chi connectivity index (χ0) is 26.9. The highest BCUT2D eigenvalue weighted by Crippen LogP contribution is 2.52. The summed E-state index contributed by atoms with van der Waals surface area (Å²) >= 11 is 7.36. The largest absolute Gasteiger partial charge is 0.363 e. The number of fused-ring (bicyclic) bond motifs is 2. The zero-order valence-electron chi connectivity index (χ0n) is 20.8. The van der Waals surface area contributed by atoms with Gasteiger partial charge in [0.25, 0.3) is 5.92 Å². The van der Waals surface area contributed by atoms with E-state index in [0.717, 1.165) is 42.3 Å². The fourth-order valence-electron chi connectivity index (χ4n) is 5.12. The molecule has 1 saturated heterocycles. The molecule has 2 aliphatic rings. The van der Waals surface area contributed by atoms with Gasteiger partial charge >= 0.3 is 0 Å². The van der Waals surface area contributed by atoms with Gasteiger partial charge in [0.1, 0.15) is 19.0 Å². The molecule has 12 heteroatoms. The number of carbonyl (C=O) groups excluding carboxylic acids is 1. The Labute approximate surface area is 227 Å². The van der Waals surface area contributed by atoms with Crippen LogP contribution in [-0.4, -0.2) is 55.7 Å². The zero-order valence-corrected chi connectivity index (χ0v) is 22.4. The van der Waals surface area contributed by atoms with Crippen molar-refractivity contribution in [2.75, 3.05) is 19.7 Å². The van der Waals surface area contributed by atoms with Crippen LogP contribution in [0.5, 0.6) is 0 Å². The van der Waals surface area contributed by atoms with Crippen molar-refractivity contribution in [3.63, 3.8) is 0 Å². The molecule has 0 N–H and O–H groups in total. The molecule has 4 aromatic heterocycles. The topological polar surface area (TPSA) is 78.1 Å². The van der Waals surface area contributed by atoms with Crippen LogP contribution in [0.25, 0.3) is 5.82 Å². The molecule has 0 aliphatic carbocycles. The number of likely N-dealkylation sites (tertiary alicyclic amines) is 1. The summed E-state index contributed by atoms with van der Waals surface area (Å²) in [7, 11) is 0. The van der Waals surface area contributed by atoms with Crippen molar-refractivity contribution in [2.45, 2.75) is 44.4 Å². The molecule has 0 bridgehead atoms. The second-order valence-corrected chi connectivity index (χ2v) is 11.1. The van der Waals surface area contributed by atoms with Crippen molar-refractivity contribution in [1.82, 2.24) is 29.2 Å². The second kappa shape index (κ2) is 10.6. The minimum absolute atomic E-state index is 0.0381. The summed E-state index contributed by atoms with van der Waals surface area (Å²) in [5.74, 6) is -2.20. The van der Waals surface area contributed by atoms with E-state index >= 15 is 0 Å². The Balaban J connectivity index is 0.00000144. The van der Waals surface area contributed by atoms with Gasteiger partial charge in [0.2, 0.25) is 0 Å².